The van der Waals surface area contributed by atoms with E-state index in [1.165, 1.54) is 18.1 Å². The van der Waals surface area contributed by atoms with Crippen molar-refractivity contribution in [1.82, 2.24) is 10.2 Å². The van der Waals surface area contributed by atoms with E-state index in [1.807, 2.05) is 18.2 Å². The molecule has 0 bridgehead atoms. The number of halogens is 1. The van der Waals surface area contributed by atoms with Crippen LogP contribution in [0.15, 0.2) is 36.4 Å². The topological polar surface area (TPSA) is 60.0 Å². The quantitative estimate of drug-likeness (QED) is 0.826. The Hall–Kier alpha value is -2.96. The number of amides is 2. The Morgan fingerprint density at radius 3 is 2.71 bits per heavy atom. The van der Waals surface area contributed by atoms with E-state index in [4.69, 9.17) is 14.2 Å². The molecule has 6 nitrogen and oxygen atoms in total. The summed E-state index contributed by atoms with van der Waals surface area (Å²) in [5, 5.41) is 3.01. The average Bonchev–Trinajstić information content (AvgIpc) is 3.34. The van der Waals surface area contributed by atoms with E-state index in [-0.39, 0.29) is 24.0 Å². The number of hydrogen-bond acceptors (Lipinski definition) is 4. The Labute approximate surface area is 163 Å². The smallest absolute Gasteiger partial charge is 0.317 e. The van der Waals surface area contributed by atoms with Crippen molar-refractivity contribution in [3.8, 4) is 17.2 Å². The molecule has 0 unspecified atom stereocenters. The van der Waals surface area contributed by atoms with E-state index in [9.17, 15) is 9.18 Å². The Bertz CT molecular complexity index is 898. The Morgan fingerprint density at radius 1 is 1.21 bits per heavy atom. The molecule has 2 aromatic rings. The summed E-state index contributed by atoms with van der Waals surface area (Å²) in [7, 11) is 3.11. The summed E-state index contributed by atoms with van der Waals surface area (Å²) in [6.07, 6.45) is 2.03. The number of nitrogens with zero attached hydrogens (tertiary/aromatic N) is 1. The number of carbonyl (C=O) groups is 1. The molecule has 0 radical (unpaired) electrons. The molecule has 2 amide bonds. The van der Waals surface area contributed by atoms with Crippen molar-refractivity contribution in [2.45, 2.75) is 24.8 Å². The fourth-order valence-electron chi connectivity index (χ4n) is 3.48. The summed E-state index contributed by atoms with van der Waals surface area (Å²) in [6.45, 7) is 1.11. The van der Waals surface area contributed by atoms with Crippen LogP contribution in [-0.4, -0.2) is 38.4 Å². The van der Waals surface area contributed by atoms with Crippen molar-refractivity contribution in [3.63, 3.8) is 0 Å². The average molecular weight is 386 g/mol. The van der Waals surface area contributed by atoms with Gasteiger partial charge in [-0.3, -0.25) is 0 Å². The highest BCUT2D eigenvalue weighted by Crippen LogP contribution is 2.49. The summed E-state index contributed by atoms with van der Waals surface area (Å²) < 4.78 is 29.6. The highest BCUT2D eigenvalue weighted by Gasteiger charge is 2.45. The Kier molecular flexibility index (Phi) is 4.75. The second-order valence-electron chi connectivity index (χ2n) is 7.33. The third-order valence-electron chi connectivity index (χ3n) is 5.40. The SMILES string of the molecule is COc1ccc(CN(C)C(=O)NCC2(c3ccc4c(c3)OCO4)CC2)cc1F. The van der Waals surface area contributed by atoms with E-state index in [1.54, 1.807) is 19.2 Å². The minimum atomic E-state index is -0.437. The Balaban J connectivity index is 1.35. The van der Waals surface area contributed by atoms with Crippen LogP contribution < -0.4 is 19.5 Å². The van der Waals surface area contributed by atoms with Crippen LogP contribution in [0, 0.1) is 5.82 Å². The van der Waals surface area contributed by atoms with Gasteiger partial charge in [0.2, 0.25) is 6.79 Å². The van der Waals surface area contributed by atoms with Crippen molar-refractivity contribution >= 4 is 6.03 Å². The number of carbonyl (C=O) groups excluding carboxylic acids is 1. The molecule has 2 aromatic carbocycles. The van der Waals surface area contributed by atoms with E-state index < -0.39 is 5.82 Å². The highest BCUT2D eigenvalue weighted by molar-refractivity contribution is 5.74. The number of nitrogens with one attached hydrogen (secondary N) is 1. The van der Waals surface area contributed by atoms with Gasteiger partial charge in [-0.05, 0) is 48.2 Å². The summed E-state index contributed by atoms with van der Waals surface area (Å²) in [5.74, 6) is 1.27. The summed E-state index contributed by atoms with van der Waals surface area (Å²) in [4.78, 5) is 14.0. The standard InChI is InChI=1S/C21H23FN2O4/c1-24(11-14-3-5-17(26-2)16(22)9-14)20(25)23-12-21(7-8-21)15-4-6-18-19(10-15)28-13-27-18/h3-6,9-10H,7-8,11-13H2,1-2H3,(H,23,25). The second-order valence-corrected chi connectivity index (χ2v) is 7.33. The van der Waals surface area contributed by atoms with Crippen molar-refractivity contribution in [1.29, 1.82) is 0 Å². The maximum Gasteiger partial charge on any atom is 0.317 e. The maximum atomic E-state index is 13.8. The summed E-state index contributed by atoms with van der Waals surface area (Å²) >= 11 is 0. The maximum absolute atomic E-state index is 13.8. The normalized spacial score (nSPS) is 15.8. The number of urea groups is 1. The lowest BCUT2D eigenvalue weighted by Crippen LogP contribution is -2.40. The van der Waals surface area contributed by atoms with Crippen LogP contribution in [0.2, 0.25) is 0 Å². The van der Waals surface area contributed by atoms with Gasteiger partial charge in [0.1, 0.15) is 0 Å². The van der Waals surface area contributed by atoms with Crippen molar-refractivity contribution < 1.29 is 23.4 Å². The molecular formula is C21H23FN2O4. The van der Waals surface area contributed by atoms with Crippen LogP contribution in [0.4, 0.5) is 9.18 Å². The predicted octanol–water partition coefficient (Wildman–Crippen LogP) is 3.44. The largest absolute Gasteiger partial charge is 0.494 e. The molecule has 1 aliphatic carbocycles. The molecule has 2 aliphatic rings. The molecule has 1 N–H and O–H groups in total. The number of fused-ring (bicyclic) bond motifs is 1. The highest BCUT2D eigenvalue weighted by atomic mass is 19.1. The number of rotatable bonds is 6. The van der Waals surface area contributed by atoms with Gasteiger partial charge >= 0.3 is 6.03 Å². The molecule has 0 spiro atoms. The zero-order chi connectivity index (χ0) is 19.7. The minimum absolute atomic E-state index is 0.0519. The summed E-state index contributed by atoms with van der Waals surface area (Å²) in [5.41, 5.74) is 1.80. The second kappa shape index (κ2) is 7.22. The first-order valence-corrected chi connectivity index (χ1v) is 9.22. The number of benzene rings is 2. The first-order chi connectivity index (χ1) is 13.5. The minimum Gasteiger partial charge on any atom is -0.494 e. The van der Waals surface area contributed by atoms with E-state index in [0.717, 1.165) is 29.9 Å². The molecule has 0 atom stereocenters. The monoisotopic (exact) mass is 386 g/mol. The van der Waals surface area contributed by atoms with Gasteiger partial charge in [-0.1, -0.05) is 12.1 Å². The first kappa shape index (κ1) is 18.4. The molecule has 1 heterocycles. The molecule has 0 aromatic heterocycles. The molecule has 1 fully saturated rings. The third kappa shape index (κ3) is 3.56. The molecule has 28 heavy (non-hydrogen) atoms. The third-order valence-corrected chi connectivity index (χ3v) is 5.40. The van der Waals surface area contributed by atoms with Gasteiger partial charge in [0.15, 0.2) is 23.1 Å². The van der Waals surface area contributed by atoms with E-state index in [2.05, 4.69) is 5.32 Å². The van der Waals surface area contributed by atoms with E-state index >= 15 is 0 Å². The molecular weight excluding hydrogens is 363 g/mol. The van der Waals surface area contributed by atoms with Crippen molar-refractivity contribution in [2.75, 3.05) is 27.5 Å². The lowest BCUT2D eigenvalue weighted by atomic mass is 9.95. The van der Waals surface area contributed by atoms with Gasteiger partial charge in [-0.15, -0.1) is 0 Å². The van der Waals surface area contributed by atoms with Gasteiger partial charge in [0.05, 0.1) is 7.11 Å². The predicted molar refractivity (Wildman–Crippen MR) is 101 cm³/mol. The lowest BCUT2D eigenvalue weighted by Gasteiger charge is -2.22. The fourth-order valence-corrected chi connectivity index (χ4v) is 3.48. The van der Waals surface area contributed by atoms with Crippen LogP contribution in [0.3, 0.4) is 0 Å². The Morgan fingerprint density at radius 2 is 2.00 bits per heavy atom. The van der Waals surface area contributed by atoms with Gasteiger partial charge in [-0.25, -0.2) is 9.18 Å². The lowest BCUT2D eigenvalue weighted by molar-refractivity contribution is 0.174. The molecule has 148 valence electrons. The van der Waals surface area contributed by atoms with Crippen molar-refractivity contribution in [2.24, 2.45) is 0 Å². The van der Waals surface area contributed by atoms with Gasteiger partial charge in [0, 0.05) is 25.6 Å². The number of ether oxygens (including phenoxy) is 3. The number of hydrogen-bond donors (Lipinski definition) is 1. The number of methoxy groups -OCH3 is 1. The van der Waals surface area contributed by atoms with Gasteiger partial charge in [0.25, 0.3) is 0 Å². The van der Waals surface area contributed by atoms with Gasteiger partial charge in [-0.2, -0.15) is 0 Å². The molecule has 1 saturated carbocycles. The first-order valence-electron chi connectivity index (χ1n) is 9.22. The van der Waals surface area contributed by atoms with Crippen LogP contribution in [0.5, 0.6) is 17.2 Å². The zero-order valence-corrected chi connectivity index (χ0v) is 16.0. The van der Waals surface area contributed by atoms with Crippen LogP contribution >= 0.6 is 0 Å². The summed E-state index contributed by atoms with van der Waals surface area (Å²) in [6, 6.07) is 10.5. The van der Waals surface area contributed by atoms with Gasteiger partial charge < -0.3 is 24.4 Å². The van der Waals surface area contributed by atoms with Crippen LogP contribution in [0.25, 0.3) is 0 Å². The molecule has 7 heteroatoms. The van der Waals surface area contributed by atoms with Crippen molar-refractivity contribution in [3.05, 3.63) is 53.3 Å². The van der Waals surface area contributed by atoms with Crippen LogP contribution in [-0.2, 0) is 12.0 Å². The van der Waals surface area contributed by atoms with Crippen LogP contribution in [0.1, 0.15) is 24.0 Å². The van der Waals surface area contributed by atoms with E-state index in [0.29, 0.717) is 18.7 Å². The molecule has 0 saturated heterocycles. The molecule has 4 rings (SSSR count). The fraction of sp³-hybridized carbons (Fsp3) is 0.381. The zero-order valence-electron chi connectivity index (χ0n) is 16.0. The molecule has 1 aliphatic heterocycles.